The number of hydrogen-bond acceptors (Lipinski definition) is 7. The first kappa shape index (κ1) is 28.8. The molecule has 1 N–H and O–H groups in total. The highest BCUT2D eigenvalue weighted by Crippen LogP contribution is 2.68. The van der Waals surface area contributed by atoms with Gasteiger partial charge in [0.15, 0.2) is 0 Å². The van der Waals surface area contributed by atoms with E-state index in [1.165, 1.54) is 13.8 Å². The molecule has 0 aromatic heterocycles. The van der Waals surface area contributed by atoms with Gasteiger partial charge in [-0.3, -0.25) is 9.59 Å². The lowest BCUT2D eigenvalue weighted by Gasteiger charge is -2.61. The first-order chi connectivity index (χ1) is 18.4. The second kappa shape index (κ2) is 11.1. The number of ether oxygens (including phenoxy) is 3. The molecule has 0 saturated heterocycles. The summed E-state index contributed by atoms with van der Waals surface area (Å²) in [5.41, 5.74) is 0.830. The quantitative estimate of drug-likeness (QED) is 0.217. The van der Waals surface area contributed by atoms with Crippen molar-refractivity contribution < 1.29 is 33.7 Å². The summed E-state index contributed by atoms with van der Waals surface area (Å²) in [5, 5.41) is 11.1. The number of hydrogen-bond donors (Lipinski definition) is 1. The largest absolute Gasteiger partial charge is 0.461 e. The summed E-state index contributed by atoms with van der Waals surface area (Å²) in [7, 11) is 0. The van der Waals surface area contributed by atoms with Gasteiger partial charge in [0.05, 0.1) is 17.1 Å². The highest BCUT2D eigenvalue weighted by atomic mass is 16.6. The summed E-state index contributed by atoms with van der Waals surface area (Å²) in [6, 6.07) is 8.81. The van der Waals surface area contributed by atoms with Crippen LogP contribution in [-0.4, -0.2) is 47.4 Å². The van der Waals surface area contributed by atoms with Gasteiger partial charge in [0, 0.05) is 20.3 Å². The van der Waals surface area contributed by atoms with Crippen molar-refractivity contribution in [2.24, 2.45) is 22.7 Å². The monoisotopic (exact) mass is 536 g/mol. The number of carbonyl (C=O) groups excluding carboxylic acids is 3. The van der Waals surface area contributed by atoms with Crippen molar-refractivity contribution in [2.45, 2.75) is 84.7 Å². The molecule has 0 radical (unpaired) electrons. The maximum atomic E-state index is 13.4. The van der Waals surface area contributed by atoms with Crippen LogP contribution in [0, 0.1) is 22.7 Å². The van der Waals surface area contributed by atoms with Crippen molar-refractivity contribution in [2.75, 3.05) is 0 Å². The molecule has 0 bridgehead atoms. The fourth-order valence-electron chi connectivity index (χ4n) is 7.31. The van der Waals surface area contributed by atoms with Crippen LogP contribution in [0.25, 0.3) is 0 Å². The lowest BCUT2D eigenvalue weighted by molar-refractivity contribution is -0.191. The van der Waals surface area contributed by atoms with Crippen molar-refractivity contribution >= 4 is 17.9 Å². The number of rotatable bonds is 7. The van der Waals surface area contributed by atoms with E-state index in [0.717, 1.165) is 5.57 Å². The zero-order valence-corrected chi connectivity index (χ0v) is 23.5. The Morgan fingerprint density at radius 1 is 1.00 bits per heavy atom. The van der Waals surface area contributed by atoms with E-state index in [4.69, 9.17) is 14.2 Å². The molecule has 1 spiro atoms. The first-order valence-electron chi connectivity index (χ1n) is 13.7. The average Bonchev–Trinajstić information content (AvgIpc) is 3.17. The van der Waals surface area contributed by atoms with Gasteiger partial charge >= 0.3 is 17.9 Å². The summed E-state index contributed by atoms with van der Waals surface area (Å²) in [6.45, 7) is 12.9. The van der Waals surface area contributed by atoms with E-state index in [1.807, 2.05) is 19.1 Å². The Hall–Kier alpha value is -3.19. The Labute approximate surface area is 230 Å². The topological polar surface area (TPSA) is 99.1 Å². The van der Waals surface area contributed by atoms with Gasteiger partial charge in [0.2, 0.25) is 0 Å². The molecule has 2 saturated carbocycles. The van der Waals surface area contributed by atoms with E-state index in [1.54, 1.807) is 30.3 Å². The highest BCUT2D eigenvalue weighted by molar-refractivity contribution is 5.89. The minimum Gasteiger partial charge on any atom is -0.461 e. The minimum absolute atomic E-state index is 0.0906. The third-order valence-electron chi connectivity index (χ3n) is 9.32. The summed E-state index contributed by atoms with van der Waals surface area (Å²) < 4.78 is 18.1. The smallest absolute Gasteiger partial charge is 0.338 e. The molecule has 7 nitrogen and oxygen atoms in total. The molecule has 3 aliphatic carbocycles. The third kappa shape index (κ3) is 5.21. The van der Waals surface area contributed by atoms with Gasteiger partial charge in [-0.25, -0.2) is 4.79 Å². The van der Waals surface area contributed by atoms with Gasteiger partial charge in [-0.2, -0.15) is 0 Å². The number of carbonyl (C=O) groups is 3. The molecule has 0 aliphatic heterocycles. The van der Waals surface area contributed by atoms with Crippen LogP contribution in [0.2, 0.25) is 0 Å². The molecular formula is C32H40O7. The van der Waals surface area contributed by atoms with Crippen LogP contribution in [-0.2, 0) is 23.8 Å². The molecule has 2 fully saturated rings. The molecule has 7 heteroatoms. The second-order valence-electron chi connectivity index (χ2n) is 11.6. The molecule has 0 unspecified atom stereocenters. The van der Waals surface area contributed by atoms with Crippen LogP contribution >= 0.6 is 0 Å². The van der Waals surface area contributed by atoms with Gasteiger partial charge in [0.1, 0.15) is 18.3 Å². The van der Waals surface area contributed by atoms with E-state index >= 15 is 0 Å². The summed E-state index contributed by atoms with van der Waals surface area (Å²) in [4.78, 5) is 38.0. The van der Waals surface area contributed by atoms with Gasteiger partial charge in [-0.05, 0) is 61.1 Å². The standard InChI is InChI=1S/C32H40O7/c1-7-19(2)13-14-31(6)20(3)15-28(39-30(36)23-11-9-8-10-12-23)32-25(16-24(35)17-27(31)32)26(37-21(4)33)18-29(32)38-22(5)34/h7-13,16,20,24,26-29,35H,1,14-15,17-18H2,2-6H3/t20-,24+,26-,27-,28-,29-,31+,32+/m1/s1. The molecule has 39 heavy (non-hydrogen) atoms. The predicted octanol–water partition coefficient (Wildman–Crippen LogP) is 5.34. The zero-order valence-electron chi connectivity index (χ0n) is 23.5. The van der Waals surface area contributed by atoms with Crippen LogP contribution < -0.4 is 0 Å². The minimum atomic E-state index is -0.966. The molecule has 8 atom stereocenters. The maximum absolute atomic E-state index is 13.4. The number of allylic oxidation sites excluding steroid dienone is 3. The predicted molar refractivity (Wildman–Crippen MR) is 146 cm³/mol. The lowest BCUT2D eigenvalue weighted by atomic mass is 9.44. The van der Waals surface area contributed by atoms with E-state index < -0.39 is 47.7 Å². The molecule has 210 valence electrons. The Morgan fingerprint density at radius 2 is 1.64 bits per heavy atom. The lowest BCUT2D eigenvalue weighted by Crippen LogP contribution is -2.63. The molecule has 3 aliphatic rings. The van der Waals surface area contributed by atoms with Gasteiger partial charge < -0.3 is 19.3 Å². The van der Waals surface area contributed by atoms with Crippen LogP contribution in [0.3, 0.4) is 0 Å². The van der Waals surface area contributed by atoms with Crippen molar-refractivity contribution in [3.05, 3.63) is 71.8 Å². The van der Waals surface area contributed by atoms with Gasteiger partial charge in [0.25, 0.3) is 0 Å². The normalized spacial score (nSPS) is 35.6. The van der Waals surface area contributed by atoms with Crippen LogP contribution in [0.5, 0.6) is 0 Å². The SMILES string of the molecule is C=CC(C)=CC[C@@]1(C)[C@H](C)C[C@@H](OC(=O)c2ccccc2)[C@]23C(=C[C@H](O)C[C@H]12)[C@H](OC(C)=O)C[C@H]3OC(C)=O. The Kier molecular flexibility index (Phi) is 8.22. The van der Waals surface area contributed by atoms with Crippen molar-refractivity contribution in [1.29, 1.82) is 0 Å². The third-order valence-corrected chi connectivity index (χ3v) is 9.32. The van der Waals surface area contributed by atoms with E-state index in [9.17, 15) is 19.5 Å². The number of aliphatic hydroxyl groups excluding tert-OH is 1. The summed E-state index contributed by atoms with van der Waals surface area (Å²) in [5.74, 6) is -1.54. The van der Waals surface area contributed by atoms with Crippen LogP contribution in [0.4, 0.5) is 0 Å². The highest BCUT2D eigenvalue weighted by Gasteiger charge is 2.71. The fourth-order valence-corrected chi connectivity index (χ4v) is 7.31. The molecule has 1 aromatic carbocycles. The number of esters is 3. The fraction of sp³-hybridized carbons (Fsp3) is 0.531. The van der Waals surface area contributed by atoms with E-state index in [2.05, 4.69) is 26.5 Å². The van der Waals surface area contributed by atoms with Crippen LogP contribution in [0.15, 0.2) is 66.3 Å². The summed E-state index contributed by atoms with van der Waals surface area (Å²) >= 11 is 0. The molecule has 0 heterocycles. The second-order valence-corrected chi connectivity index (χ2v) is 11.6. The average molecular weight is 537 g/mol. The molecule has 0 amide bonds. The van der Waals surface area contributed by atoms with E-state index in [0.29, 0.717) is 30.4 Å². The van der Waals surface area contributed by atoms with Crippen molar-refractivity contribution in [3.8, 4) is 0 Å². The number of benzene rings is 1. The molecular weight excluding hydrogens is 496 g/mol. The maximum Gasteiger partial charge on any atom is 0.338 e. The Balaban J connectivity index is 1.91. The van der Waals surface area contributed by atoms with Crippen molar-refractivity contribution in [1.82, 2.24) is 0 Å². The van der Waals surface area contributed by atoms with Crippen molar-refractivity contribution in [3.63, 3.8) is 0 Å². The Morgan fingerprint density at radius 3 is 2.26 bits per heavy atom. The van der Waals surface area contributed by atoms with Gasteiger partial charge in [-0.15, -0.1) is 0 Å². The van der Waals surface area contributed by atoms with Crippen LogP contribution in [0.1, 0.15) is 70.7 Å². The zero-order chi connectivity index (χ0) is 28.5. The van der Waals surface area contributed by atoms with E-state index in [-0.39, 0.29) is 23.7 Å². The molecule has 4 rings (SSSR count). The van der Waals surface area contributed by atoms with Gasteiger partial charge in [-0.1, -0.05) is 62.4 Å². The summed E-state index contributed by atoms with van der Waals surface area (Å²) in [6.07, 6.45) is 4.69. The molecule has 1 aromatic rings. The Bertz CT molecular complexity index is 1180. The first-order valence-corrected chi connectivity index (χ1v) is 13.7. The number of aliphatic hydroxyl groups is 1.